The van der Waals surface area contributed by atoms with Gasteiger partial charge in [0, 0.05) is 86.4 Å². The number of carboxylic acids is 2. The summed E-state index contributed by atoms with van der Waals surface area (Å²) in [5, 5.41) is 52.2. The zero-order valence-electron chi connectivity index (χ0n) is 51.8. The van der Waals surface area contributed by atoms with E-state index in [0.29, 0.717) is 42.3 Å². The lowest BCUT2D eigenvalue weighted by molar-refractivity contribution is -0.148. The highest BCUT2D eigenvalue weighted by Crippen LogP contribution is 2.52. The number of esters is 3. The summed E-state index contributed by atoms with van der Waals surface area (Å²) in [6, 6.07) is 37.2. The fraction of sp³-hybridized carbons (Fsp3) is 0.296. The minimum Gasteiger partial charge on any atom is -0.480 e. The SMILES string of the molecule is CC(=O)OCc1ccc2nccc(Cl)c2c1.CCOC(=O)C1(Sc2ccnc3ccc(COC(C)=O)cc23)CCC1.O=C(O)C1(Sc2ccnc3ccc(CO)cc23)CCC1.O=C(O)C1(Sc2ccnc3ccc(CO)cc23)CCC1.OCc1ccc2nccc(Cl)c2c1. The molecule has 3 saturated carbocycles. The van der Waals surface area contributed by atoms with E-state index in [0.717, 1.165) is 129 Å². The van der Waals surface area contributed by atoms with Crippen LogP contribution in [0.3, 0.4) is 0 Å². The molecular weight excluding hydrogens is 1300 g/mol. The van der Waals surface area contributed by atoms with Crippen LogP contribution >= 0.6 is 58.5 Å². The Kier molecular flexibility index (Phi) is 24.3. The molecule has 0 saturated heterocycles. The fourth-order valence-electron chi connectivity index (χ4n) is 10.4. The Hall–Kier alpha value is -7.99. The number of aromatic nitrogens is 5. The molecular formula is C71H69Cl2N5O13S3. The summed E-state index contributed by atoms with van der Waals surface area (Å²) in [6.45, 7) is 5.46. The summed E-state index contributed by atoms with van der Waals surface area (Å²) in [5.74, 6) is -2.21. The maximum atomic E-state index is 12.4. The second-order valence-electron chi connectivity index (χ2n) is 22.5. The molecule has 488 valence electrons. The van der Waals surface area contributed by atoms with E-state index in [4.69, 9.17) is 42.5 Å². The number of carbonyl (C=O) groups excluding carboxylic acids is 3. The van der Waals surface area contributed by atoms with Crippen molar-refractivity contribution in [3.05, 3.63) is 190 Å². The van der Waals surface area contributed by atoms with E-state index in [2.05, 4.69) is 24.9 Å². The normalized spacial score (nSPS) is 14.5. The van der Waals surface area contributed by atoms with Gasteiger partial charge >= 0.3 is 29.8 Å². The zero-order valence-corrected chi connectivity index (χ0v) is 55.7. The second kappa shape index (κ2) is 32.4. The van der Waals surface area contributed by atoms with Crippen LogP contribution in [0.2, 0.25) is 10.0 Å². The summed E-state index contributed by atoms with van der Waals surface area (Å²) in [5.41, 5.74) is 8.46. The first kappa shape index (κ1) is 70.3. The third-order valence-corrected chi connectivity index (χ3v) is 21.4. The number of fused-ring (bicyclic) bond motifs is 5. The molecule has 3 aliphatic rings. The van der Waals surface area contributed by atoms with Crippen molar-refractivity contribution in [1.82, 2.24) is 24.9 Å². The van der Waals surface area contributed by atoms with Crippen molar-refractivity contribution in [3.63, 3.8) is 0 Å². The van der Waals surface area contributed by atoms with Crippen molar-refractivity contribution in [3.8, 4) is 0 Å². The number of ether oxygens (including phenoxy) is 3. The fourth-order valence-corrected chi connectivity index (χ4v) is 15.1. The van der Waals surface area contributed by atoms with E-state index >= 15 is 0 Å². The molecule has 5 heterocycles. The van der Waals surface area contributed by atoms with Crippen LogP contribution in [0.1, 0.15) is 106 Å². The number of nitrogens with zero attached hydrogens (tertiary/aromatic N) is 5. The lowest BCUT2D eigenvalue weighted by atomic mass is 9.84. The van der Waals surface area contributed by atoms with Gasteiger partial charge in [-0.2, -0.15) is 0 Å². The highest BCUT2D eigenvalue weighted by Gasteiger charge is 2.48. The summed E-state index contributed by atoms with van der Waals surface area (Å²) in [7, 11) is 0. The Bertz CT molecular complexity index is 4280. The molecule has 10 aromatic rings. The van der Waals surface area contributed by atoms with Crippen LogP contribution in [0, 0.1) is 0 Å². The van der Waals surface area contributed by atoms with Crippen molar-refractivity contribution >= 4 is 143 Å². The maximum absolute atomic E-state index is 12.4. The Morgan fingerprint density at radius 1 is 0.415 bits per heavy atom. The standard InChI is InChI=1S/C19H21NO4S.2C15H15NO3S.C12H10ClNO2.C10H8ClNO/c1-3-23-18(22)19(8-4-9-19)25-17-7-10-20-16-6-5-14(11-15(16)17)12-24-13(2)21;2*17-9-10-2-3-12-11(8-10)13(4-7-16-12)20-15(14(18)19)5-1-6-15;1-8(15)16-7-9-2-3-12-10(6-9)11(13)4-5-14-12;11-9-3-4-12-10-2-1-7(6-13)5-8(9)10/h5-7,10-11H,3-4,8-9,12H2,1-2H3;2*2-4,7-8,17H,1,5-6,9H2,(H,18,19);2-6H,7H2,1H3;1-5,13H,6H2. The average molecular weight is 1370 g/mol. The molecule has 0 atom stereocenters. The molecule has 3 aliphatic carbocycles. The van der Waals surface area contributed by atoms with Crippen LogP contribution in [0.25, 0.3) is 54.5 Å². The molecule has 5 aromatic carbocycles. The Labute approximate surface area is 565 Å². The first-order valence-corrected chi connectivity index (χ1v) is 33.5. The van der Waals surface area contributed by atoms with Gasteiger partial charge in [-0.05, 0) is 184 Å². The molecule has 18 nitrogen and oxygen atoms in total. The Balaban J connectivity index is 0.000000140. The van der Waals surface area contributed by atoms with Crippen LogP contribution in [0.15, 0.2) is 167 Å². The largest absolute Gasteiger partial charge is 0.480 e. The molecule has 13 rings (SSSR count). The number of aliphatic carboxylic acids is 2. The number of carboxylic acid groups (broad SMARTS) is 2. The maximum Gasteiger partial charge on any atom is 0.322 e. The molecule has 3 fully saturated rings. The highest BCUT2D eigenvalue weighted by molar-refractivity contribution is 8.02. The quantitative estimate of drug-likeness (QED) is 0.0418. The number of thioether (sulfide) groups is 3. The number of pyridine rings is 5. The second-order valence-corrected chi connectivity index (χ2v) is 27.6. The van der Waals surface area contributed by atoms with E-state index in [9.17, 15) is 44.4 Å². The molecule has 0 bridgehead atoms. The summed E-state index contributed by atoms with van der Waals surface area (Å²) >= 11 is 16.4. The van der Waals surface area contributed by atoms with Crippen LogP contribution < -0.4 is 0 Å². The van der Waals surface area contributed by atoms with Gasteiger partial charge in [0.25, 0.3) is 0 Å². The predicted octanol–water partition coefficient (Wildman–Crippen LogP) is 14.9. The molecule has 5 aromatic heterocycles. The molecule has 0 radical (unpaired) electrons. The number of aliphatic hydroxyl groups is 3. The Morgan fingerprint density at radius 3 is 1.00 bits per heavy atom. The van der Waals surface area contributed by atoms with E-state index in [-0.39, 0.29) is 50.9 Å². The molecule has 94 heavy (non-hydrogen) atoms. The lowest BCUT2D eigenvalue weighted by Gasteiger charge is -2.38. The van der Waals surface area contributed by atoms with Gasteiger partial charge in [-0.25, -0.2) is 0 Å². The van der Waals surface area contributed by atoms with E-state index in [1.165, 1.54) is 37.4 Å². The van der Waals surface area contributed by atoms with Gasteiger partial charge in [0.05, 0.1) is 64.1 Å². The van der Waals surface area contributed by atoms with Gasteiger partial charge < -0.3 is 39.7 Å². The molecule has 0 amide bonds. The monoisotopic (exact) mass is 1370 g/mol. The predicted molar refractivity (Wildman–Crippen MR) is 367 cm³/mol. The zero-order chi connectivity index (χ0) is 67.0. The first-order chi connectivity index (χ1) is 45.3. The smallest absolute Gasteiger partial charge is 0.322 e. The van der Waals surface area contributed by atoms with Gasteiger partial charge in [0.15, 0.2) is 0 Å². The van der Waals surface area contributed by atoms with Crippen molar-refractivity contribution in [2.75, 3.05) is 6.61 Å². The van der Waals surface area contributed by atoms with Crippen molar-refractivity contribution in [2.45, 2.75) is 141 Å². The van der Waals surface area contributed by atoms with Crippen molar-refractivity contribution in [1.29, 1.82) is 0 Å². The van der Waals surface area contributed by atoms with Crippen LogP contribution in [-0.2, 0) is 71.2 Å². The minimum atomic E-state index is -0.739. The van der Waals surface area contributed by atoms with Gasteiger partial charge in [0.1, 0.15) is 27.5 Å². The Morgan fingerprint density at radius 2 is 0.702 bits per heavy atom. The number of hydrogen-bond acceptors (Lipinski definition) is 19. The third-order valence-electron chi connectivity index (χ3n) is 16.1. The topological polar surface area (TPSA) is 279 Å². The van der Waals surface area contributed by atoms with Crippen molar-refractivity contribution < 1.29 is 63.7 Å². The van der Waals surface area contributed by atoms with Gasteiger partial charge in [-0.3, -0.25) is 48.9 Å². The van der Waals surface area contributed by atoms with Gasteiger partial charge in [-0.15, -0.1) is 35.3 Å². The first-order valence-electron chi connectivity index (χ1n) is 30.3. The molecule has 0 unspecified atom stereocenters. The van der Waals surface area contributed by atoms with E-state index in [1.807, 2.05) is 116 Å². The highest BCUT2D eigenvalue weighted by atomic mass is 35.5. The number of carbonyl (C=O) groups is 5. The van der Waals surface area contributed by atoms with Crippen LogP contribution in [0.5, 0.6) is 0 Å². The summed E-state index contributed by atoms with van der Waals surface area (Å²) in [6.07, 6.45) is 15.9. The number of rotatable bonds is 17. The minimum absolute atomic E-state index is 0.0288. The number of hydrogen-bond donors (Lipinski definition) is 5. The van der Waals surface area contributed by atoms with Crippen LogP contribution in [0.4, 0.5) is 0 Å². The van der Waals surface area contributed by atoms with E-state index in [1.54, 1.807) is 54.9 Å². The average Bonchev–Trinajstić information content (AvgIpc) is 0.833. The number of benzene rings is 5. The van der Waals surface area contributed by atoms with Crippen molar-refractivity contribution in [2.24, 2.45) is 0 Å². The molecule has 0 aliphatic heterocycles. The number of halogens is 2. The molecule has 5 N–H and O–H groups in total. The molecule has 23 heteroatoms. The van der Waals surface area contributed by atoms with Crippen LogP contribution in [-0.4, -0.2) is 101 Å². The lowest BCUT2D eigenvalue weighted by Crippen LogP contribution is -2.43. The number of aliphatic hydroxyl groups excluding tert-OH is 3. The third kappa shape index (κ3) is 17.3. The molecule has 0 spiro atoms. The van der Waals surface area contributed by atoms with Gasteiger partial charge in [0.2, 0.25) is 0 Å². The van der Waals surface area contributed by atoms with Gasteiger partial charge in [-0.1, -0.05) is 53.5 Å². The summed E-state index contributed by atoms with van der Waals surface area (Å²) < 4.78 is 13.4. The summed E-state index contributed by atoms with van der Waals surface area (Å²) in [4.78, 5) is 81.3. The van der Waals surface area contributed by atoms with E-state index < -0.39 is 26.2 Å².